The first-order chi connectivity index (χ1) is 10.2. The maximum Gasteiger partial charge on any atom is 0.191 e. The van der Waals surface area contributed by atoms with Gasteiger partial charge in [0.1, 0.15) is 0 Å². The van der Waals surface area contributed by atoms with Crippen molar-refractivity contribution in [2.24, 2.45) is 4.99 Å². The number of rotatable bonds is 8. The molecule has 0 aliphatic carbocycles. The van der Waals surface area contributed by atoms with Crippen LogP contribution in [0.15, 0.2) is 23.2 Å². The number of thioether (sulfide) groups is 1. The van der Waals surface area contributed by atoms with Gasteiger partial charge in [0.15, 0.2) is 17.5 Å². The molecule has 22 heavy (non-hydrogen) atoms. The Bertz CT molecular complexity index is 458. The fourth-order valence-corrected chi connectivity index (χ4v) is 2.08. The third-order valence-electron chi connectivity index (χ3n) is 2.81. The molecule has 2 N–H and O–H groups in total. The average Bonchev–Trinajstić information content (AvgIpc) is 2.52. The van der Waals surface area contributed by atoms with Crippen molar-refractivity contribution < 1.29 is 9.47 Å². The van der Waals surface area contributed by atoms with Gasteiger partial charge in [-0.05, 0) is 30.9 Å². The molecule has 0 amide bonds. The molecule has 0 saturated heterocycles. The Morgan fingerprint density at radius 2 is 2.05 bits per heavy atom. The summed E-state index contributed by atoms with van der Waals surface area (Å²) in [7, 11) is 3.42. The first-order valence-electron chi connectivity index (χ1n) is 6.98. The molecular weight excluding hydrogens is 413 g/mol. The van der Waals surface area contributed by atoms with Gasteiger partial charge in [0, 0.05) is 25.9 Å². The van der Waals surface area contributed by atoms with E-state index in [4.69, 9.17) is 9.47 Å². The molecule has 0 unspecified atom stereocenters. The number of halogens is 1. The number of benzene rings is 1. The van der Waals surface area contributed by atoms with Crippen LogP contribution in [0.2, 0.25) is 0 Å². The van der Waals surface area contributed by atoms with Crippen molar-refractivity contribution in [1.29, 1.82) is 0 Å². The van der Waals surface area contributed by atoms with E-state index < -0.39 is 0 Å². The van der Waals surface area contributed by atoms with E-state index in [-0.39, 0.29) is 24.0 Å². The molecule has 0 saturated carbocycles. The average molecular weight is 439 g/mol. The third-order valence-corrected chi connectivity index (χ3v) is 3.42. The van der Waals surface area contributed by atoms with E-state index in [1.807, 2.05) is 25.1 Å². The molecule has 1 rings (SSSR count). The number of aliphatic imine (C=N–C) groups is 1. The SMILES string of the molecule is CCOc1ccc(CNC(=NC)NCCSC)cc1OC.I. The minimum absolute atomic E-state index is 0. The van der Waals surface area contributed by atoms with Crippen LogP contribution >= 0.6 is 35.7 Å². The summed E-state index contributed by atoms with van der Waals surface area (Å²) in [5.74, 6) is 3.38. The molecule has 1 aromatic carbocycles. The number of nitrogens with one attached hydrogen (secondary N) is 2. The van der Waals surface area contributed by atoms with Crippen molar-refractivity contribution in [2.45, 2.75) is 13.5 Å². The molecule has 0 aliphatic heterocycles. The van der Waals surface area contributed by atoms with Crippen molar-refractivity contribution in [3.8, 4) is 11.5 Å². The number of hydrogen-bond acceptors (Lipinski definition) is 4. The van der Waals surface area contributed by atoms with Gasteiger partial charge in [-0.1, -0.05) is 6.07 Å². The molecule has 0 aliphatic rings. The first-order valence-corrected chi connectivity index (χ1v) is 8.37. The maximum absolute atomic E-state index is 5.51. The van der Waals surface area contributed by atoms with Crippen LogP contribution in [0.3, 0.4) is 0 Å². The first kappa shape index (κ1) is 21.2. The number of hydrogen-bond donors (Lipinski definition) is 2. The van der Waals surface area contributed by atoms with E-state index in [9.17, 15) is 0 Å². The highest BCUT2D eigenvalue weighted by Crippen LogP contribution is 2.27. The van der Waals surface area contributed by atoms with Gasteiger partial charge in [-0.25, -0.2) is 0 Å². The van der Waals surface area contributed by atoms with Crippen LogP contribution in [0, 0.1) is 0 Å². The second-order valence-electron chi connectivity index (χ2n) is 4.26. The molecule has 0 aromatic heterocycles. The lowest BCUT2D eigenvalue weighted by atomic mass is 10.2. The second-order valence-corrected chi connectivity index (χ2v) is 5.25. The fourth-order valence-electron chi connectivity index (χ4n) is 1.77. The molecule has 0 heterocycles. The quantitative estimate of drug-likeness (QED) is 0.283. The van der Waals surface area contributed by atoms with Crippen LogP contribution in [-0.2, 0) is 6.54 Å². The van der Waals surface area contributed by atoms with E-state index in [1.165, 1.54) is 0 Å². The Morgan fingerprint density at radius 1 is 1.27 bits per heavy atom. The zero-order chi connectivity index (χ0) is 15.5. The van der Waals surface area contributed by atoms with Crippen LogP contribution in [0.5, 0.6) is 11.5 Å². The molecule has 0 spiro atoms. The lowest BCUT2D eigenvalue weighted by molar-refractivity contribution is 0.310. The van der Waals surface area contributed by atoms with Crippen molar-refractivity contribution >= 4 is 41.7 Å². The zero-order valence-electron chi connectivity index (χ0n) is 13.6. The van der Waals surface area contributed by atoms with Crippen molar-refractivity contribution in [2.75, 3.05) is 39.3 Å². The molecular formula is C15H26IN3O2S. The summed E-state index contributed by atoms with van der Waals surface area (Å²) in [6.45, 7) is 4.16. The smallest absolute Gasteiger partial charge is 0.191 e. The van der Waals surface area contributed by atoms with Gasteiger partial charge in [0.05, 0.1) is 13.7 Å². The maximum atomic E-state index is 5.51. The van der Waals surface area contributed by atoms with Crippen LogP contribution in [-0.4, -0.2) is 45.3 Å². The number of nitrogens with zero attached hydrogens (tertiary/aromatic N) is 1. The molecule has 5 nitrogen and oxygen atoms in total. The fraction of sp³-hybridized carbons (Fsp3) is 0.533. The van der Waals surface area contributed by atoms with E-state index in [1.54, 1.807) is 25.9 Å². The highest BCUT2D eigenvalue weighted by Gasteiger charge is 2.05. The Labute approximate surface area is 154 Å². The largest absolute Gasteiger partial charge is 0.493 e. The Morgan fingerprint density at radius 3 is 2.64 bits per heavy atom. The predicted octanol–water partition coefficient (Wildman–Crippen LogP) is 2.74. The number of methoxy groups -OCH3 is 1. The van der Waals surface area contributed by atoms with Crippen molar-refractivity contribution in [3.63, 3.8) is 0 Å². The van der Waals surface area contributed by atoms with Crippen molar-refractivity contribution in [1.82, 2.24) is 10.6 Å². The van der Waals surface area contributed by atoms with Crippen molar-refractivity contribution in [3.05, 3.63) is 23.8 Å². The molecule has 0 bridgehead atoms. The van der Waals surface area contributed by atoms with Gasteiger partial charge in [-0.3, -0.25) is 4.99 Å². The molecule has 126 valence electrons. The minimum atomic E-state index is 0. The van der Waals surface area contributed by atoms with Gasteiger partial charge in [-0.15, -0.1) is 24.0 Å². The molecule has 0 radical (unpaired) electrons. The van der Waals surface area contributed by atoms with Crippen LogP contribution < -0.4 is 20.1 Å². The van der Waals surface area contributed by atoms with Crippen LogP contribution in [0.25, 0.3) is 0 Å². The lowest BCUT2D eigenvalue weighted by Gasteiger charge is -2.13. The number of guanidine groups is 1. The number of ether oxygens (including phenoxy) is 2. The van der Waals surface area contributed by atoms with Crippen LogP contribution in [0.1, 0.15) is 12.5 Å². The molecule has 7 heteroatoms. The molecule has 0 atom stereocenters. The summed E-state index contributed by atoms with van der Waals surface area (Å²) in [5, 5.41) is 6.54. The summed E-state index contributed by atoms with van der Waals surface area (Å²) in [6.07, 6.45) is 2.09. The highest BCUT2D eigenvalue weighted by atomic mass is 127. The monoisotopic (exact) mass is 439 g/mol. The normalized spacial score (nSPS) is 10.6. The summed E-state index contributed by atoms with van der Waals surface area (Å²) < 4.78 is 10.9. The topological polar surface area (TPSA) is 54.9 Å². The standard InChI is InChI=1S/C15H25N3O2S.HI/c1-5-20-13-7-6-12(10-14(13)19-3)11-18-15(16-2)17-8-9-21-4;/h6-7,10H,5,8-9,11H2,1-4H3,(H2,16,17,18);1H. The van der Waals surface area contributed by atoms with E-state index in [0.717, 1.165) is 35.3 Å². The summed E-state index contributed by atoms with van der Waals surface area (Å²) in [4.78, 5) is 4.19. The molecule has 0 fully saturated rings. The van der Waals surface area contributed by atoms with Crippen LogP contribution in [0.4, 0.5) is 0 Å². The second kappa shape index (κ2) is 12.7. The zero-order valence-corrected chi connectivity index (χ0v) is 16.8. The third kappa shape index (κ3) is 7.44. The summed E-state index contributed by atoms with van der Waals surface area (Å²) in [5.41, 5.74) is 1.11. The van der Waals surface area contributed by atoms with Gasteiger partial charge in [0.2, 0.25) is 0 Å². The highest BCUT2D eigenvalue weighted by molar-refractivity contribution is 14.0. The predicted molar refractivity (Wildman–Crippen MR) is 106 cm³/mol. The lowest BCUT2D eigenvalue weighted by Crippen LogP contribution is -2.37. The van der Waals surface area contributed by atoms with E-state index >= 15 is 0 Å². The van der Waals surface area contributed by atoms with Gasteiger partial charge < -0.3 is 20.1 Å². The van der Waals surface area contributed by atoms with E-state index in [2.05, 4.69) is 21.9 Å². The Balaban J connectivity index is 0.00000441. The van der Waals surface area contributed by atoms with E-state index in [0.29, 0.717) is 13.2 Å². The summed E-state index contributed by atoms with van der Waals surface area (Å²) >= 11 is 1.80. The Kier molecular flexibility index (Phi) is 12.2. The van der Waals surface area contributed by atoms with Gasteiger partial charge >= 0.3 is 0 Å². The molecule has 1 aromatic rings. The van der Waals surface area contributed by atoms with Gasteiger partial charge in [0.25, 0.3) is 0 Å². The summed E-state index contributed by atoms with van der Waals surface area (Å²) in [6, 6.07) is 5.94. The minimum Gasteiger partial charge on any atom is -0.493 e. The van der Waals surface area contributed by atoms with Gasteiger partial charge in [-0.2, -0.15) is 11.8 Å². The Hall–Kier alpha value is -0.830.